The Balaban J connectivity index is 2.81. The van der Waals surface area contributed by atoms with E-state index >= 15 is 0 Å². The molecule has 60 valence electrons. The lowest BCUT2D eigenvalue weighted by Crippen LogP contribution is -1.96. The smallest absolute Gasteiger partial charge is 0.101 e. The molecule has 0 aliphatic carbocycles. The van der Waals surface area contributed by atoms with Crippen molar-refractivity contribution >= 4 is 17.6 Å². The second kappa shape index (κ2) is 3.62. The third-order valence-corrected chi connectivity index (χ3v) is 2.69. The second-order valence-electron chi connectivity index (χ2n) is 2.51. The summed E-state index contributed by atoms with van der Waals surface area (Å²) in [4.78, 5) is 4.32. The summed E-state index contributed by atoms with van der Waals surface area (Å²) in [5.41, 5.74) is 1.06. The average molecular weight is 168 g/mol. The number of aromatic nitrogens is 1. The van der Waals surface area contributed by atoms with Crippen LogP contribution in [0.25, 0.3) is 0 Å². The zero-order chi connectivity index (χ0) is 8.27. The molecule has 0 aliphatic rings. The van der Waals surface area contributed by atoms with Gasteiger partial charge in [-0.25, -0.2) is 4.98 Å². The lowest BCUT2D eigenvalue weighted by Gasteiger charge is -2.01. The van der Waals surface area contributed by atoms with Gasteiger partial charge in [-0.15, -0.1) is 11.3 Å². The van der Waals surface area contributed by atoms with Crippen molar-refractivity contribution in [1.29, 1.82) is 5.41 Å². The van der Waals surface area contributed by atoms with Crippen molar-refractivity contribution in [3.8, 4) is 0 Å². The molecule has 3 heteroatoms. The largest absolute Gasteiger partial charge is 0.312 e. The Hall–Kier alpha value is -0.700. The van der Waals surface area contributed by atoms with Gasteiger partial charge in [0.25, 0.3) is 0 Å². The number of rotatable bonds is 3. The van der Waals surface area contributed by atoms with E-state index in [-0.39, 0.29) is 5.92 Å². The molecule has 0 saturated carbocycles. The van der Waals surface area contributed by atoms with Gasteiger partial charge >= 0.3 is 0 Å². The van der Waals surface area contributed by atoms with E-state index < -0.39 is 0 Å². The maximum atomic E-state index is 7.15. The Labute approximate surface area is 70.8 Å². The van der Waals surface area contributed by atoms with Gasteiger partial charge in [-0.2, -0.15) is 0 Å². The first-order chi connectivity index (χ1) is 5.27. The van der Waals surface area contributed by atoms with Gasteiger partial charge in [0.2, 0.25) is 0 Å². The van der Waals surface area contributed by atoms with E-state index in [1.54, 1.807) is 11.3 Å². The first-order valence-electron chi connectivity index (χ1n) is 3.70. The van der Waals surface area contributed by atoms with E-state index in [0.29, 0.717) is 0 Å². The molecule has 1 heterocycles. The fourth-order valence-electron chi connectivity index (χ4n) is 0.906. The zero-order valence-corrected chi connectivity index (χ0v) is 7.61. The van der Waals surface area contributed by atoms with Gasteiger partial charge < -0.3 is 5.41 Å². The molecule has 1 N–H and O–H groups in total. The van der Waals surface area contributed by atoms with E-state index in [0.717, 1.165) is 17.1 Å². The Morgan fingerprint density at radius 1 is 1.82 bits per heavy atom. The number of hydrogen-bond donors (Lipinski definition) is 1. The Kier molecular flexibility index (Phi) is 2.76. The highest BCUT2D eigenvalue weighted by Crippen LogP contribution is 2.20. The van der Waals surface area contributed by atoms with E-state index in [4.69, 9.17) is 5.41 Å². The van der Waals surface area contributed by atoms with Crippen molar-refractivity contribution in [1.82, 2.24) is 4.98 Å². The fraction of sp³-hybridized carbons (Fsp3) is 0.500. The van der Waals surface area contributed by atoms with E-state index in [1.165, 1.54) is 6.21 Å². The van der Waals surface area contributed by atoms with Crippen LogP contribution in [0.4, 0.5) is 0 Å². The molecule has 0 aromatic carbocycles. The van der Waals surface area contributed by atoms with Gasteiger partial charge in [0, 0.05) is 23.2 Å². The van der Waals surface area contributed by atoms with Gasteiger partial charge in [0.1, 0.15) is 5.01 Å². The van der Waals surface area contributed by atoms with Crippen molar-refractivity contribution in [3.05, 3.63) is 16.1 Å². The Morgan fingerprint density at radius 3 is 2.91 bits per heavy atom. The van der Waals surface area contributed by atoms with Crippen LogP contribution in [0.3, 0.4) is 0 Å². The SMILES string of the molecule is CC[C@@H](C=N)c1nc(C)cs1. The summed E-state index contributed by atoms with van der Waals surface area (Å²) in [6, 6.07) is 0. The molecular weight excluding hydrogens is 156 g/mol. The molecule has 0 aliphatic heterocycles. The predicted octanol–water partition coefficient (Wildman–Crippen LogP) is 2.59. The number of nitrogens with zero attached hydrogens (tertiary/aromatic N) is 1. The van der Waals surface area contributed by atoms with Gasteiger partial charge in [-0.05, 0) is 13.3 Å². The van der Waals surface area contributed by atoms with Crippen molar-refractivity contribution in [2.24, 2.45) is 0 Å². The summed E-state index contributed by atoms with van der Waals surface area (Å²) in [6.07, 6.45) is 2.44. The first kappa shape index (κ1) is 8.40. The van der Waals surface area contributed by atoms with Crippen LogP contribution in [-0.4, -0.2) is 11.2 Å². The maximum Gasteiger partial charge on any atom is 0.101 e. The zero-order valence-electron chi connectivity index (χ0n) is 6.79. The van der Waals surface area contributed by atoms with Crippen molar-refractivity contribution < 1.29 is 0 Å². The van der Waals surface area contributed by atoms with Gasteiger partial charge in [-0.1, -0.05) is 6.92 Å². The van der Waals surface area contributed by atoms with Crippen LogP contribution in [0.2, 0.25) is 0 Å². The maximum absolute atomic E-state index is 7.15. The van der Waals surface area contributed by atoms with Crippen LogP contribution in [-0.2, 0) is 0 Å². The van der Waals surface area contributed by atoms with Crippen LogP contribution >= 0.6 is 11.3 Å². The molecule has 11 heavy (non-hydrogen) atoms. The van der Waals surface area contributed by atoms with Crippen LogP contribution < -0.4 is 0 Å². The Bertz CT molecular complexity index is 242. The van der Waals surface area contributed by atoms with E-state index in [9.17, 15) is 0 Å². The lowest BCUT2D eigenvalue weighted by molar-refractivity contribution is 0.840. The first-order valence-corrected chi connectivity index (χ1v) is 4.58. The standard InChI is InChI=1S/C8H12N2S/c1-3-7(4-9)8-10-6(2)5-11-8/h4-5,7,9H,3H2,1-2H3/t7-/m0/s1. The quantitative estimate of drug-likeness (QED) is 0.692. The third kappa shape index (κ3) is 1.87. The topological polar surface area (TPSA) is 36.7 Å². The summed E-state index contributed by atoms with van der Waals surface area (Å²) in [6.45, 7) is 4.06. The van der Waals surface area contributed by atoms with Crippen LogP contribution in [0.1, 0.15) is 30.0 Å². The molecule has 0 bridgehead atoms. The molecule has 2 nitrogen and oxygen atoms in total. The fourth-order valence-corrected chi connectivity index (χ4v) is 1.86. The molecule has 1 atom stereocenters. The van der Waals surface area contributed by atoms with Crippen molar-refractivity contribution in [2.45, 2.75) is 26.2 Å². The minimum absolute atomic E-state index is 0.230. The lowest BCUT2D eigenvalue weighted by atomic mass is 10.1. The summed E-state index contributed by atoms with van der Waals surface area (Å²) in [5, 5.41) is 10.2. The highest BCUT2D eigenvalue weighted by atomic mass is 32.1. The molecule has 0 unspecified atom stereocenters. The highest BCUT2D eigenvalue weighted by Gasteiger charge is 2.08. The van der Waals surface area contributed by atoms with Gasteiger partial charge in [-0.3, -0.25) is 0 Å². The molecule has 0 fully saturated rings. The monoisotopic (exact) mass is 168 g/mol. The molecule has 0 radical (unpaired) electrons. The van der Waals surface area contributed by atoms with Gasteiger partial charge in [0.05, 0.1) is 0 Å². The van der Waals surface area contributed by atoms with Crippen LogP contribution in [0, 0.1) is 12.3 Å². The molecule has 1 aromatic rings. The van der Waals surface area contributed by atoms with E-state index in [1.807, 2.05) is 12.3 Å². The number of hydrogen-bond acceptors (Lipinski definition) is 3. The molecule has 1 aromatic heterocycles. The summed E-state index contributed by atoms with van der Waals surface area (Å²) in [7, 11) is 0. The summed E-state index contributed by atoms with van der Waals surface area (Å²) >= 11 is 1.64. The minimum atomic E-state index is 0.230. The second-order valence-corrected chi connectivity index (χ2v) is 3.40. The van der Waals surface area contributed by atoms with Crippen molar-refractivity contribution in [3.63, 3.8) is 0 Å². The minimum Gasteiger partial charge on any atom is -0.312 e. The molecule has 0 amide bonds. The van der Waals surface area contributed by atoms with Crippen LogP contribution in [0.15, 0.2) is 5.38 Å². The van der Waals surface area contributed by atoms with Crippen molar-refractivity contribution in [2.75, 3.05) is 0 Å². The van der Waals surface area contributed by atoms with E-state index in [2.05, 4.69) is 11.9 Å². The molecule has 0 saturated heterocycles. The summed E-state index contributed by atoms with van der Waals surface area (Å²) < 4.78 is 0. The molecule has 1 rings (SSSR count). The molecule has 0 spiro atoms. The highest BCUT2D eigenvalue weighted by molar-refractivity contribution is 7.09. The third-order valence-electron chi connectivity index (χ3n) is 1.59. The number of nitrogens with one attached hydrogen (secondary N) is 1. The Morgan fingerprint density at radius 2 is 2.55 bits per heavy atom. The predicted molar refractivity (Wildman–Crippen MR) is 48.7 cm³/mol. The number of aryl methyl sites for hydroxylation is 1. The normalized spacial score (nSPS) is 12.9. The summed E-state index contributed by atoms with van der Waals surface area (Å²) in [5.74, 6) is 0.230. The molecular formula is C8H12N2S. The van der Waals surface area contributed by atoms with Gasteiger partial charge in [0.15, 0.2) is 0 Å². The number of thiazole rings is 1. The van der Waals surface area contributed by atoms with Crippen LogP contribution in [0.5, 0.6) is 0 Å². The average Bonchev–Trinajstić information content (AvgIpc) is 2.39.